The minimum absolute atomic E-state index is 0.0557. The lowest BCUT2D eigenvalue weighted by molar-refractivity contribution is -0.138. The van der Waals surface area contributed by atoms with E-state index >= 15 is 0 Å². The van der Waals surface area contributed by atoms with Crippen LogP contribution in [0, 0.1) is 5.92 Å². The third-order valence-electron chi connectivity index (χ3n) is 4.67. The molecule has 1 aromatic carbocycles. The Labute approximate surface area is 137 Å². The topological polar surface area (TPSA) is 49.9 Å². The number of hydrogen-bond acceptors (Lipinski definition) is 3. The smallest absolute Gasteiger partial charge is 0.228 e. The molecule has 1 aromatic rings. The summed E-state index contributed by atoms with van der Waals surface area (Å²) >= 11 is 0. The van der Waals surface area contributed by atoms with Crippen LogP contribution in [0.15, 0.2) is 30.3 Å². The molecule has 3 rings (SSSR count). The van der Waals surface area contributed by atoms with Gasteiger partial charge >= 0.3 is 0 Å². The maximum Gasteiger partial charge on any atom is 0.228 e. The molecule has 2 aliphatic heterocycles. The summed E-state index contributed by atoms with van der Waals surface area (Å²) in [5.41, 5.74) is 1.11. The van der Waals surface area contributed by atoms with Gasteiger partial charge < -0.3 is 14.5 Å². The van der Waals surface area contributed by atoms with Crippen molar-refractivity contribution in [2.45, 2.75) is 31.9 Å². The van der Waals surface area contributed by atoms with E-state index in [1.807, 2.05) is 35.2 Å². The van der Waals surface area contributed by atoms with Crippen LogP contribution in [-0.4, -0.2) is 54.5 Å². The zero-order valence-electron chi connectivity index (χ0n) is 13.6. The summed E-state index contributed by atoms with van der Waals surface area (Å²) in [5.74, 6) is -0.0974. The molecule has 0 radical (unpaired) electrons. The molecule has 0 unspecified atom stereocenters. The Morgan fingerprint density at radius 1 is 1.35 bits per heavy atom. The molecule has 2 heterocycles. The number of amides is 2. The number of carbonyl (C=O) groups excluding carboxylic acids is 2. The highest BCUT2D eigenvalue weighted by molar-refractivity contribution is 5.89. The molecule has 0 aromatic heterocycles. The molecule has 5 nitrogen and oxygen atoms in total. The average molecular weight is 316 g/mol. The summed E-state index contributed by atoms with van der Waals surface area (Å²) in [5, 5.41) is 0. The van der Waals surface area contributed by atoms with Gasteiger partial charge in [-0.1, -0.05) is 30.3 Å². The second-order valence-corrected chi connectivity index (χ2v) is 6.51. The van der Waals surface area contributed by atoms with Crippen molar-refractivity contribution < 1.29 is 14.3 Å². The van der Waals surface area contributed by atoms with Gasteiger partial charge in [0.15, 0.2) is 0 Å². The number of carbonyl (C=O) groups is 2. The van der Waals surface area contributed by atoms with Crippen LogP contribution in [0.3, 0.4) is 0 Å². The van der Waals surface area contributed by atoms with Gasteiger partial charge in [0.1, 0.15) is 0 Å². The van der Waals surface area contributed by atoms with Crippen LogP contribution in [-0.2, 0) is 20.9 Å². The molecule has 2 atom stereocenters. The maximum atomic E-state index is 12.9. The van der Waals surface area contributed by atoms with Crippen LogP contribution < -0.4 is 0 Å². The molecule has 2 fully saturated rings. The fraction of sp³-hybridized carbons (Fsp3) is 0.556. The Morgan fingerprint density at radius 3 is 2.74 bits per heavy atom. The van der Waals surface area contributed by atoms with Gasteiger partial charge in [0, 0.05) is 39.7 Å². The summed E-state index contributed by atoms with van der Waals surface area (Å²) < 4.78 is 5.70. The molecule has 0 bridgehead atoms. The van der Waals surface area contributed by atoms with Crippen molar-refractivity contribution in [3.63, 3.8) is 0 Å². The zero-order valence-corrected chi connectivity index (χ0v) is 13.6. The first kappa shape index (κ1) is 16.0. The zero-order chi connectivity index (χ0) is 16.2. The third kappa shape index (κ3) is 3.91. The van der Waals surface area contributed by atoms with Crippen molar-refractivity contribution >= 4 is 11.8 Å². The van der Waals surface area contributed by atoms with Gasteiger partial charge in [-0.3, -0.25) is 9.59 Å². The maximum absolute atomic E-state index is 12.9. The number of benzene rings is 1. The Morgan fingerprint density at radius 2 is 2.13 bits per heavy atom. The molecular formula is C18H24N2O3. The van der Waals surface area contributed by atoms with E-state index < -0.39 is 0 Å². The van der Waals surface area contributed by atoms with Crippen LogP contribution in [0.5, 0.6) is 0 Å². The Bertz CT molecular complexity index is 555. The molecule has 124 valence electrons. The van der Waals surface area contributed by atoms with Gasteiger partial charge in [0.2, 0.25) is 11.8 Å². The third-order valence-corrected chi connectivity index (χ3v) is 4.67. The number of rotatable bonds is 5. The van der Waals surface area contributed by atoms with E-state index in [0.29, 0.717) is 26.1 Å². The molecule has 2 aliphatic rings. The van der Waals surface area contributed by atoms with E-state index in [0.717, 1.165) is 25.0 Å². The molecule has 0 N–H and O–H groups in total. The summed E-state index contributed by atoms with van der Waals surface area (Å²) in [7, 11) is 1.76. The van der Waals surface area contributed by atoms with Gasteiger partial charge in [0.05, 0.1) is 12.0 Å². The Hall–Kier alpha value is -1.88. The predicted molar refractivity (Wildman–Crippen MR) is 86.6 cm³/mol. The van der Waals surface area contributed by atoms with Crippen LogP contribution in [0.4, 0.5) is 0 Å². The number of ether oxygens (including phenoxy) is 1. The van der Waals surface area contributed by atoms with Gasteiger partial charge in [0.25, 0.3) is 0 Å². The van der Waals surface area contributed by atoms with E-state index in [2.05, 4.69) is 0 Å². The largest absolute Gasteiger partial charge is 0.376 e. The quantitative estimate of drug-likeness (QED) is 0.830. The summed E-state index contributed by atoms with van der Waals surface area (Å²) in [6, 6.07) is 10.00. The van der Waals surface area contributed by atoms with Gasteiger partial charge in [-0.15, -0.1) is 0 Å². The van der Waals surface area contributed by atoms with Gasteiger partial charge in [-0.05, 0) is 18.4 Å². The molecule has 2 saturated heterocycles. The SMILES string of the molecule is CN1C[C@H](C(=O)N(Cc2ccccc2)C[C@H]2CCCO2)CC1=O. The lowest BCUT2D eigenvalue weighted by atomic mass is 10.1. The standard InChI is InChI=1S/C18H24N2O3/c1-19-12-15(10-17(19)21)18(22)20(13-16-8-5-9-23-16)11-14-6-3-2-4-7-14/h2-4,6-7,15-16H,5,8-13H2,1H3/t15-,16-/m1/s1. The van der Waals surface area contributed by atoms with E-state index in [4.69, 9.17) is 4.74 Å². The Balaban J connectivity index is 1.71. The fourth-order valence-electron chi connectivity index (χ4n) is 3.36. The lowest BCUT2D eigenvalue weighted by Crippen LogP contribution is -2.41. The van der Waals surface area contributed by atoms with Crippen LogP contribution in [0.2, 0.25) is 0 Å². The summed E-state index contributed by atoms with van der Waals surface area (Å²) in [6.45, 7) is 2.49. The van der Waals surface area contributed by atoms with Crippen molar-refractivity contribution in [3.05, 3.63) is 35.9 Å². The molecule has 5 heteroatoms. The second kappa shape index (κ2) is 7.13. The van der Waals surface area contributed by atoms with Crippen molar-refractivity contribution in [1.29, 1.82) is 0 Å². The van der Waals surface area contributed by atoms with Crippen molar-refractivity contribution in [2.75, 3.05) is 26.7 Å². The van der Waals surface area contributed by atoms with Crippen molar-refractivity contribution in [1.82, 2.24) is 9.80 Å². The number of likely N-dealkylation sites (tertiary alicyclic amines) is 1. The van der Waals surface area contributed by atoms with Crippen LogP contribution in [0.25, 0.3) is 0 Å². The molecule has 0 aliphatic carbocycles. The number of hydrogen-bond donors (Lipinski definition) is 0. The first-order valence-electron chi connectivity index (χ1n) is 8.32. The first-order chi connectivity index (χ1) is 11.1. The summed E-state index contributed by atoms with van der Waals surface area (Å²) in [4.78, 5) is 28.2. The number of nitrogens with zero attached hydrogens (tertiary/aromatic N) is 2. The minimum atomic E-state index is -0.224. The summed E-state index contributed by atoms with van der Waals surface area (Å²) in [6.07, 6.45) is 2.51. The van der Waals surface area contributed by atoms with Crippen molar-refractivity contribution in [3.8, 4) is 0 Å². The first-order valence-corrected chi connectivity index (χ1v) is 8.32. The second-order valence-electron chi connectivity index (χ2n) is 6.51. The van der Waals surface area contributed by atoms with Crippen LogP contribution in [0.1, 0.15) is 24.8 Å². The molecule has 23 heavy (non-hydrogen) atoms. The van der Waals surface area contributed by atoms with E-state index in [1.165, 1.54) is 0 Å². The molecule has 0 saturated carbocycles. The highest BCUT2D eigenvalue weighted by Crippen LogP contribution is 2.22. The highest BCUT2D eigenvalue weighted by Gasteiger charge is 2.35. The molecule has 0 spiro atoms. The normalized spacial score (nSPS) is 24.2. The highest BCUT2D eigenvalue weighted by atomic mass is 16.5. The van der Waals surface area contributed by atoms with Gasteiger partial charge in [-0.2, -0.15) is 0 Å². The molecule has 2 amide bonds. The monoisotopic (exact) mass is 316 g/mol. The van der Waals surface area contributed by atoms with Crippen molar-refractivity contribution in [2.24, 2.45) is 5.92 Å². The Kier molecular flexibility index (Phi) is 4.96. The minimum Gasteiger partial charge on any atom is -0.376 e. The van der Waals surface area contributed by atoms with E-state index in [9.17, 15) is 9.59 Å². The van der Waals surface area contributed by atoms with E-state index in [1.54, 1.807) is 11.9 Å². The predicted octanol–water partition coefficient (Wildman–Crippen LogP) is 1.67. The average Bonchev–Trinajstić information content (AvgIpc) is 3.17. The van der Waals surface area contributed by atoms with Gasteiger partial charge in [-0.25, -0.2) is 0 Å². The van der Waals surface area contributed by atoms with E-state index in [-0.39, 0.29) is 23.8 Å². The van der Waals surface area contributed by atoms with Crippen LogP contribution >= 0.6 is 0 Å². The fourth-order valence-corrected chi connectivity index (χ4v) is 3.36. The lowest BCUT2D eigenvalue weighted by Gasteiger charge is -2.28. The molecular weight excluding hydrogens is 292 g/mol.